The van der Waals surface area contributed by atoms with Gasteiger partial charge >= 0.3 is 0 Å². The molecule has 0 aliphatic carbocycles. The minimum atomic E-state index is -0.350. The number of benzene rings is 1. The molecule has 2 heterocycles. The summed E-state index contributed by atoms with van der Waals surface area (Å²) in [7, 11) is 0. The Kier molecular flexibility index (Phi) is 5.45. The van der Waals surface area contributed by atoms with Gasteiger partial charge in [-0.15, -0.1) is 6.58 Å². The van der Waals surface area contributed by atoms with Crippen LogP contribution >= 0.6 is 0 Å². The number of H-pyrrole nitrogens is 1. The summed E-state index contributed by atoms with van der Waals surface area (Å²) < 4.78 is 1.46. The van der Waals surface area contributed by atoms with Crippen LogP contribution in [0.4, 0.5) is 5.69 Å². The number of aromatic nitrogens is 4. The van der Waals surface area contributed by atoms with E-state index in [-0.39, 0.29) is 17.4 Å². The second-order valence-electron chi connectivity index (χ2n) is 5.87. The largest absolute Gasteiger partial charge is 0.349 e. The summed E-state index contributed by atoms with van der Waals surface area (Å²) in [5, 5.41) is 15.8. The SMILES string of the molecule is C=CCNC(=O)c1ccc(NC(=O)c2cnn(-c3ccc(=O)[nH]n3)c2C)cc1. The molecule has 3 N–H and O–H groups in total. The Labute approximate surface area is 160 Å². The van der Waals surface area contributed by atoms with Gasteiger partial charge in [-0.25, -0.2) is 9.78 Å². The van der Waals surface area contributed by atoms with Crippen molar-refractivity contribution in [3.05, 3.63) is 82.4 Å². The monoisotopic (exact) mass is 378 g/mol. The van der Waals surface area contributed by atoms with Gasteiger partial charge in [-0.05, 0) is 37.3 Å². The molecule has 0 fully saturated rings. The third kappa shape index (κ3) is 4.04. The van der Waals surface area contributed by atoms with Gasteiger partial charge in [-0.2, -0.15) is 10.2 Å². The van der Waals surface area contributed by atoms with Crippen LogP contribution in [0.15, 0.2) is 60.0 Å². The van der Waals surface area contributed by atoms with E-state index >= 15 is 0 Å². The first-order valence-corrected chi connectivity index (χ1v) is 8.41. The normalized spacial score (nSPS) is 10.3. The summed E-state index contributed by atoms with van der Waals surface area (Å²) in [5.41, 5.74) is 1.62. The van der Waals surface area contributed by atoms with E-state index in [9.17, 15) is 14.4 Å². The lowest BCUT2D eigenvalue weighted by atomic mass is 10.2. The highest BCUT2D eigenvalue weighted by Gasteiger charge is 2.16. The van der Waals surface area contributed by atoms with E-state index in [1.807, 2.05) is 0 Å². The average Bonchev–Trinajstić information content (AvgIpc) is 3.09. The molecule has 0 radical (unpaired) electrons. The van der Waals surface area contributed by atoms with Crippen LogP contribution < -0.4 is 16.2 Å². The van der Waals surface area contributed by atoms with Crippen molar-refractivity contribution >= 4 is 17.5 Å². The number of amides is 2. The van der Waals surface area contributed by atoms with E-state index in [4.69, 9.17) is 0 Å². The lowest BCUT2D eigenvalue weighted by Crippen LogP contribution is -2.23. The number of carbonyl (C=O) groups excluding carboxylic acids is 2. The zero-order valence-corrected chi connectivity index (χ0v) is 15.1. The standard InChI is InChI=1S/C19H18N6O3/c1-3-10-20-18(27)13-4-6-14(7-5-13)22-19(28)15-11-21-25(12(15)2)16-8-9-17(26)24-23-16/h3-9,11H,1,10H2,2H3,(H,20,27)(H,22,28)(H,24,26). The van der Waals surface area contributed by atoms with Gasteiger partial charge in [0.1, 0.15) is 0 Å². The molecule has 0 aliphatic heterocycles. The van der Waals surface area contributed by atoms with Crippen LogP contribution in [-0.2, 0) is 0 Å². The van der Waals surface area contributed by atoms with Gasteiger partial charge < -0.3 is 10.6 Å². The maximum Gasteiger partial charge on any atom is 0.264 e. The molecule has 2 amide bonds. The van der Waals surface area contributed by atoms with Gasteiger partial charge in [0.05, 0.1) is 17.5 Å². The number of hydrogen-bond acceptors (Lipinski definition) is 5. The molecule has 1 aromatic carbocycles. The quantitative estimate of drug-likeness (QED) is 0.560. The minimum absolute atomic E-state index is 0.219. The highest BCUT2D eigenvalue weighted by Crippen LogP contribution is 2.15. The van der Waals surface area contributed by atoms with Gasteiger partial charge in [-0.3, -0.25) is 14.4 Å². The van der Waals surface area contributed by atoms with Crippen molar-refractivity contribution in [1.29, 1.82) is 0 Å². The number of nitrogens with zero attached hydrogens (tertiary/aromatic N) is 3. The topological polar surface area (TPSA) is 122 Å². The van der Waals surface area contributed by atoms with Crippen LogP contribution in [0, 0.1) is 6.92 Å². The number of anilines is 1. The minimum Gasteiger partial charge on any atom is -0.349 e. The van der Waals surface area contributed by atoms with Crippen molar-refractivity contribution in [3.63, 3.8) is 0 Å². The Morgan fingerprint density at radius 3 is 2.57 bits per heavy atom. The summed E-state index contributed by atoms with van der Waals surface area (Å²) in [5.74, 6) is -0.175. The number of carbonyl (C=O) groups is 2. The molecular weight excluding hydrogens is 360 g/mol. The fourth-order valence-electron chi connectivity index (χ4n) is 2.49. The van der Waals surface area contributed by atoms with Crippen LogP contribution in [0.1, 0.15) is 26.4 Å². The zero-order chi connectivity index (χ0) is 20.1. The molecule has 9 heteroatoms. The second kappa shape index (κ2) is 8.12. The molecule has 2 aromatic heterocycles. The van der Waals surface area contributed by atoms with E-state index in [0.717, 1.165) is 0 Å². The third-order valence-corrected chi connectivity index (χ3v) is 3.95. The molecule has 9 nitrogen and oxygen atoms in total. The second-order valence-corrected chi connectivity index (χ2v) is 5.87. The Bertz CT molecular complexity index is 1060. The van der Waals surface area contributed by atoms with E-state index in [2.05, 4.69) is 32.5 Å². The maximum atomic E-state index is 12.6. The van der Waals surface area contributed by atoms with Crippen LogP contribution in [0.25, 0.3) is 5.82 Å². The molecular formula is C19H18N6O3. The number of aromatic amines is 1. The summed E-state index contributed by atoms with van der Waals surface area (Å²) in [6.45, 7) is 5.65. The molecule has 3 rings (SSSR count). The Hall–Kier alpha value is -4.01. The van der Waals surface area contributed by atoms with Crippen LogP contribution in [0.3, 0.4) is 0 Å². The molecule has 0 aliphatic rings. The molecule has 0 unspecified atom stereocenters. The Morgan fingerprint density at radius 1 is 1.18 bits per heavy atom. The molecule has 142 valence electrons. The average molecular weight is 378 g/mol. The fraction of sp³-hybridized carbons (Fsp3) is 0.105. The molecule has 0 spiro atoms. The number of hydrogen-bond donors (Lipinski definition) is 3. The summed E-state index contributed by atoms with van der Waals surface area (Å²) >= 11 is 0. The van der Waals surface area contributed by atoms with Crippen LogP contribution in [0.2, 0.25) is 0 Å². The molecule has 0 saturated carbocycles. The summed E-state index contributed by atoms with van der Waals surface area (Å²) in [6, 6.07) is 9.36. The van der Waals surface area contributed by atoms with Gasteiger partial charge in [0.15, 0.2) is 5.82 Å². The molecule has 3 aromatic rings. The van der Waals surface area contributed by atoms with Gasteiger partial charge in [-0.1, -0.05) is 6.08 Å². The first-order chi connectivity index (χ1) is 13.5. The van der Waals surface area contributed by atoms with Crippen molar-refractivity contribution in [2.24, 2.45) is 0 Å². The van der Waals surface area contributed by atoms with Crippen molar-refractivity contribution in [3.8, 4) is 5.82 Å². The van der Waals surface area contributed by atoms with Gasteiger partial charge in [0, 0.05) is 23.9 Å². The Balaban J connectivity index is 1.73. The lowest BCUT2D eigenvalue weighted by molar-refractivity contribution is 0.0957. The molecule has 28 heavy (non-hydrogen) atoms. The molecule has 0 saturated heterocycles. The number of rotatable bonds is 6. The van der Waals surface area contributed by atoms with Crippen LogP contribution in [0.5, 0.6) is 0 Å². The zero-order valence-electron chi connectivity index (χ0n) is 15.1. The smallest absolute Gasteiger partial charge is 0.264 e. The van der Waals surface area contributed by atoms with E-state index < -0.39 is 0 Å². The predicted molar refractivity (Wildman–Crippen MR) is 104 cm³/mol. The van der Waals surface area contributed by atoms with Gasteiger partial charge in [0.25, 0.3) is 17.4 Å². The number of nitrogens with one attached hydrogen (secondary N) is 3. The lowest BCUT2D eigenvalue weighted by Gasteiger charge is -2.07. The Morgan fingerprint density at radius 2 is 1.93 bits per heavy atom. The summed E-state index contributed by atoms with van der Waals surface area (Å²) in [4.78, 5) is 35.6. The van der Waals surface area contributed by atoms with Crippen LogP contribution in [-0.4, -0.2) is 38.3 Å². The van der Waals surface area contributed by atoms with Crippen molar-refractivity contribution in [2.75, 3.05) is 11.9 Å². The van der Waals surface area contributed by atoms with Gasteiger partial charge in [0.2, 0.25) is 0 Å². The highest BCUT2D eigenvalue weighted by molar-refractivity contribution is 6.05. The summed E-state index contributed by atoms with van der Waals surface area (Å²) in [6.07, 6.45) is 3.02. The van der Waals surface area contributed by atoms with E-state index in [1.54, 1.807) is 37.3 Å². The molecule has 0 atom stereocenters. The van der Waals surface area contributed by atoms with Crippen molar-refractivity contribution in [2.45, 2.75) is 6.92 Å². The third-order valence-electron chi connectivity index (χ3n) is 3.95. The van der Waals surface area contributed by atoms with Crippen molar-refractivity contribution < 1.29 is 9.59 Å². The van der Waals surface area contributed by atoms with E-state index in [1.165, 1.54) is 23.0 Å². The molecule has 0 bridgehead atoms. The first-order valence-electron chi connectivity index (χ1n) is 8.41. The highest BCUT2D eigenvalue weighted by atomic mass is 16.2. The predicted octanol–water partition coefficient (Wildman–Crippen LogP) is 1.43. The fourth-order valence-corrected chi connectivity index (χ4v) is 2.49. The van der Waals surface area contributed by atoms with E-state index in [0.29, 0.717) is 34.9 Å². The van der Waals surface area contributed by atoms with Crippen molar-refractivity contribution in [1.82, 2.24) is 25.3 Å². The first kappa shape index (κ1) is 18.8. The maximum absolute atomic E-state index is 12.6.